The Kier molecular flexibility index (Phi) is 3.39. The van der Waals surface area contributed by atoms with Crippen LogP contribution in [0.1, 0.15) is 12.0 Å². The number of ether oxygens (including phenoxy) is 1. The van der Waals surface area contributed by atoms with Crippen LogP contribution in [-0.4, -0.2) is 25.3 Å². The zero-order valence-corrected chi connectivity index (χ0v) is 10.2. The number of rotatable bonds is 3. The van der Waals surface area contributed by atoms with Gasteiger partial charge in [-0.25, -0.2) is 0 Å². The molecule has 0 bridgehead atoms. The lowest BCUT2D eigenvalue weighted by Gasteiger charge is -2.17. The first-order valence-electron chi connectivity index (χ1n) is 5.35. The molecule has 0 unspecified atom stereocenters. The van der Waals surface area contributed by atoms with Gasteiger partial charge in [0.2, 0.25) is 5.91 Å². The molecule has 86 valence electrons. The van der Waals surface area contributed by atoms with Crippen molar-refractivity contribution < 1.29 is 9.53 Å². The third-order valence-electron chi connectivity index (χ3n) is 2.76. The van der Waals surface area contributed by atoms with Gasteiger partial charge in [-0.3, -0.25) is 4.79 Å². The number of nitrogens with zero attached hydrogens (tertiary/aromatic N) is 1. The first kappa shape index (κ1) is 11.3. The quantitative estimate of drug-likeness (QED) is 0.814. The predicted molar refractivity (Wildman–Crippen MR) is 67.5 cm³/mol. The largest absolute Gasteiger partial charge is 0.493 e. The maximum Gasteiger partial charge on any atom is 0.227 e. The summed E-state index contributed by atoms with van der Waals surface area (Å²) < 4.78 is 5.43. The Hall–Kier alpha value is -1.16. The molecule has 3 nitrogen and oxygen atoms in total. The van der Waals surface area contributed by atoms with E-state index in [1.54, 1.807) is 11.9 Å². The van der Waals surface area contributed by atoms with Crippen LogP contribution in [0, 0.1) is 0 Å². The molecule has 0 N–H and O–H groups in total. The summed E-state index contributed by atoms with van der Waals surface area (Å²) in [4.78, 5) is 13.4. The van der Waals surface area contributed by atoms with E-state index >= 15 is 0 Å². The normalized spacial score (nSPS) is 13.1. The highest BCUT2D eigenvalue weighted by molar-refractivity contribution is 7.80. The van der Waals surface area contributed by atoms with Gasteiger partial charge in [0.1, 0.15) is 5.75 Å². The van der Waals surface area contributed by atoms with Crippen molar-refractivity contribution in [2.45, 2.75) is 12.8 Å². The lowest BCUT2D eigenvalue weighted by molar-refractivity contribution is -0.117. The molecule has 1 heterocycles. The van der Waals surface area contributed by atoms with Gasteiger partial charge in [-0.15, -0.1) is 0 Å². The Morgan fingerprint density at radius 1 is 1.56 bits per heavy atom. The van der Waals surface area contributed by atoms with Crippen LogP contribution in [0.4, 0.5) is 5.69 Å². The number of anilines is 1. The first-order chi connectivity index (χ1) is 7.72. The molecule has 0 radical (unpaired) electrons. The van der Waals surface area contributed by atoms with Crippen molar-refractivity contribution >= 4 is 24.2 Å². The number of hydrogen-bond donors (Lipinski definition) is 1. The smallest absolute Gasteiger partial charge is 0.227 e. The molecule has 0 atom stereocenters. The fraction of sp³-hybridized carbons (Fsp3) is 0.417. The van der Waals surface area contributed by atoms with Gasteiger partial charge in [0, 0.05) is 25.6 Å². The molecule has 0 saturated heterocycles. The number of benzene rings is 1. The van der Waals surface area contributed by atoms with Crippen molar-refractivity contribution in [1.29, 1.82) is 0 Å². The van der Waals surface area contributed by atoms with E-state index in [1.807, 2.05) is 18.2 Å². The van der Waals surface area contributed by atoms with E-state index in [0.717, 1.165) is 24.5 Å². The van der Waals surface area contributed by atoms with Crippen LogP contribution in [-0.2, 0) is 11.2 Å². The Bertz CT molecular complexity index is 406. The van der Waals surface area contributed by atoms with Crippen molar-refractivity contribution in [2.24, 2.45) is 0 Å². The molecule has 1 aliphatic heterocycles. The summed E-state index contributed by atoms with van der Waals surface area (Å²) in [6.45, 7) is 0.743. The third-order valence-corrected chi connectivity index (χ3v) is 2.98. The topological polar surface area (TPSA) is 29.5 Å². The summed E-state index contributed by atoms with van der Waals surface area (Å²) >= 11 is 4.06. The van der Waals surface area contributed by atoms with E-state index in [4.69, 9.17) is 4.74 Å². The molecule has 16 heavy (non-hydrogen) atoms. The molecule has 0 fully saturated rings. The van der Waals surface area contributed by atoms with E-state index in [2.05, 4.69) is 12.6 Å². The van der Waals surface area contributed by atoms with Crippen LogP contribution < -0.4 is 9.64 Å². The van der Waals surface area contributed by atoms with Crippen molar-refractivity contribution in [3.63, 3.8) is 0 Å². The van der Waals surface area contributed by atoms with E-state index in [1.165, 1.54) is 5.56 Å². The summed E-state index contributed by atoms with van der Waals surface area (Å²) in [7, 11) is 1.79. The van der Waals surface area contributed by atoms with Crippen molar-refractivity contribution in [3.05, 3.63) is 23.8 Å². The van der Waals surface area contributed by atoms with E-state index in [-0.39, 0.29) is 5.91 Å². The highest BCUT2D eigenvalue weighted by atomic mass is 32.1. The number of carbonyl (C=O) groups excluding carboxylic acids is 1. The molecule has 4 heteroatoms. The summed E-state index contributed by atoms with van der Waals surface area (Å²) in [6, 6.07) is 5.88. The molecule has 1 amide bonds. The van der Waals surface area contributed by atoms with Gasteiger partial charge in [0.15, 0.2) is 0 Å². The van der Waals surface area contributed by atoms with Gasteiger partial charge in [-0.2, -0.15) is 12.6 Å². The highest BCUT2D eigenvalue weighted by Gasteiger charge is 2.15. The van der Waals surface area contributed by atoms with Crippen LogP contribution in [0.15, 0.2) is 18.2 Å². The van der Waals surface area contributed by atoms with Crippen molar-refractivity contribution in [3.8, 4) is 5.75 Å². The Morgan fingerprint density at radius 2 is 2.38 bits per heavy atom. The van der Waals surface area contributed by atoms with Crippen molar-refractivity contribution in [2.75, 3.05) is 24.3 Å². The summed E-state index contributed by atoms with van der Waals surface area (Å²) in [5.41, 5.74) is 2.11. The molecule has 1 aromatic rings. The zero-order valence-electron chi connectivity index (χ0n) is 9.27. The molecule has 1 aromatic carbocycles. The molecule has 2 rings (SSSR count). The first-order valence-corrected chi connectivity index (χ1v) is 5.99. The Labute approximate surface area is 101 Å². The minimum atomic E-state index is 0.0915. The van der Waals surface area contributed by atoms with E-state index in [9.17, 15) is 4.79 Å². The second-order valence-corrected chi connectivity index (χ2v) is 4.26. The number of thiol groups is 1. The summed E-state index contributed by atoms with van der Waals surface area (Å²) in [5, 5.41) is 0. The van der Waals surface area contributed by atoms with E-state index < -0.39 is 0 Å². The van der Waals surface area contributed by atoms with Crippen molar-refractivity contribution in [1.82, 2.24) is 0 Å². The lowest BCUT2D eigenvalue weighted by atomic mass is 10.1. The molecule has 0 aliphatic carbocycles. The number of carbonyl (C=O) groups is 1. The molecule has 1 aliphatic rings. The van der Waals surface area contributed by atoms with Gasteiger partial charge < -0.3 is 9.64 Å². The Balaban J connectivity index is 2.18. The second-order valence-electron chi connectivity index (χ2n) is 3.82. The van der Waals surface area contributed by atoms with Crippen LogP contribution in [0.3, 0.4) is 0 Å². The number of fused-ring (bicyclic) bond motifs is 1. The second kappa shape index (κ2) is 4.78. The van der Waals surface area contributed by atoms with Gasteiger partial charge in [-0.1, -0.05) is 0 Å². The summed E-state index contributed by atoms with van der Waals surface area (Å²) in [5.74, 6) is 1.62. The number of amides is 1. The third kappa shape index (κ3) is 2.16. The van der Waals surface area contributed by atoms with E-state index in [0.29, 0.717) is 12.2 Å². The fourth-order valence-corrected chi connectivity index (χ4v) is 1.98. The minimum absolute atomic E-state index is 0.0915. The minimum Gasteiger partial charge on any atom is -0.493 e. The Morgan fingerprint density at radius 3 is 3.12 bits per heavy atom. The molecule has 0 aromatic heterocycles. The van der Waals surface area contributed by atoms with Crippen LogP contribution >= 0.6 is 12.6 Å². The number of hydrogen-bond acceptors (Lipinski definition) is 3. The zero-order chi connectivity index (χ0) is 11.5. The van der Waals surface area contributed by atoms with Crippen LogP contribution in [0.2, 0.25) is 0 Å². The van der Waals surface area contributed by atoms with Gasteiger partial charge in [-0.05, 0) is 29.5 Å². The molecular weight excluding hydrogens is 222 g/mol. The summed E-state index contributed by atoms with van der Waals surface area (Å²) in [6.07, 6.45) is 1.39. The van der Waals surface area contributed by atoms with Gasteiger partial charge >= 0.3 is 0 Å². The highest BCUT2D eigenvalue weighted by Crippen LogP contribution is 2.29. The monoisotopic (exact) mass is 237 g/mol. The van der Waals surface area contributed by atoms with Crippen LogP contribution in [0.25, 0.3) is 0 Å². The fourth-order valence-electron chi connectivity index (χ4n) is 1.79. The predicted octanol–water partition coefficient (Wildman–Crippen LogP) is 1.90. The average molecular weight is 237 g/mol. The van der Waals surface area contributed by atoms with Crippen LogP contribution in [0.5, 0.6) is 5.75 Å². The molecule has 0 spiro atoms. The maximum absolute atomic E-state index is 11.7. The average Bonchev–Trinajstić information content (AvgIpc) is 2.75. The maximum atomic E-state index is 11.7. The molecule has 0 saturated carbocycles. The standard InChI is InChI=1S/C12H15NO2S/c1-13(12(14)5-7-16)10-2-3-11-9(8-10)4-6-15-11/h2-3,8,16H,4-7H2,1H3. The SMILES string of the molecule is CN(C(=O)CCS)c1ccc2c(c1)CCO2. The van der Waals surface area contributed by atoms with Gasteiger partial charge in [0.25, 0.3) is 0 Å². The molecular formula is C12H15NO2S. The lowest BCUT2D eigenvalue weighted by Crippen LogP contribution is -2.26. The van der Waals surface area contributed by atoms with Gasteiger partial charge in [0.05, 0.1) is 6.61 Å².